The van der Waals surface area contributed by atoms with Gasteiger partial charge in [-0.1, -0.05) is 93.6 Å². The van der Waals surface area contributed by atoms with Gasteiger partial charge in [0.25, 0.3) is 19.4 Å². The van der Waals surface area contributed by atoms with Gasteiger partial charge in [0.1, 0.15) is 36.9 Å². The second-order valence-electron chi connectivity index (χ2n) is 16.8. The van der Waals surface area contributed by atoms with Crippen molar-refractivity contribution in [1.29, 1.82) is 5.26 Å². The third-order valence-corrected chi connectivity index (χ3v) is 18.2. The number of aliphatic hydroxyl groups excluding tert-OH is 1. The number of nitrogens with one attached hydrogen (secondary N) is 2. The van der Waals surface area contributed by atoms with E-state index in [-0.39, 0.29) is 49.8 Å². The summed E-state index contributed by atoms with van der Waals surface area (Å²) < 4.78 is 56.8. The van der Waals surface area contributed by atoms with Gasteiger partial charge in [-0.2, -0.15) is 5.26 Å². The number of fused-ring (bicyclic) bond motifs is 1. The topological polar surface area (TPSA) is 226 Å². The number of phosphoric ester groups is 1. The molecule has 5 heterocycles. The molecule has 2 aromatic heterocycles. The lowest BCUT2D eigenvalue weighted by molar-refractivity contribution is -0.0943. The van der Waals surface area contributed by atoms with E-state index in [1.165, 1.54) is 28.5 Å². The number of aromatic amines is 2. The van der Waals surface area contributed by atoms with Crippen LogP contribution in [0.3, 0.4) is 0 Å². The van der Waals surface area contributed by atoms with Crippen molar-refractivity contribution in [3.05, 3.63) is 138 Å². The van der Waals surface area contributed by atoms with Crippen molar-refractivity contribution >= 4 is 26.5 Å². The molecule has 0 bridgehead atoms. The highest BCUT2D eigenvalue weighted by atomic mass is 31.2. The minimum atomic E-state index is -4.74. The van der Waals surface area contributed by atoms with Gasteiger partial charge >= 0.3 is 19.2 Å². The lowest BCUT2D eigenvalue weighted by Crippen LogP contribution is -2.68. The lowest BCUT2D eigenvalue weighted by atomic mass is 10.0. The molecule has 17 nitrogen and oxygen atoms in total. The first-order valence-corrected chi connectivity index (χ1v) is 24.0. The van der Waals surface area contributed by atoms with Gasteiger partial charge in [0.15, 0.2) is 0 Å². The molecular formula is C43H52N5O12PSi. The Bertz CT molecular complexity index is 2540. The minimum absolute atomic E-state index is 0.0457. The fourth-order valence-corrected chi connectivity index (χ4v) is 14.8. The molecule has 3 N–H and O–H groups in total. The summed E-state index contributed by atoms with van der Waals surface area (Å²) in [6.07, 6.45) is -2.41. The summed E-state index contributed by atoms with van der Waals surface area (Å²) in [7, 11) is -8.08. The van der Waals surface area contributed by atoms with Crippen LogP contribution in [0.5, 0.6) is 0 Å². The number of benzene rings is 2. The summed E-state index contributed by atoms with van der Waals surface area (Å²) in [6.45, 7) is 9.12. The van der Waals surface area contributed by atoms with Crippen molar-refractivity contribution in [3.8, 4) is 6.07 Å². The van der Waals surface area contributed by atoms with Crippen molar-refractivity contribution < 1.29 is 37.1 Å². The number of aliphatic hydroxyl groups is 1. The quantitative estimate of drug-likeness (QED) is 0.0894. The summed E-state index contributed by atoms with van der Waals surface area (Å²) in [4.78, 5) is 55.6. The van der Waals surface area contributed by atoms with Gasteiger partial charge in [0.05, 0.1) is 31.3 Å². The molecule has 9 atom stereocenters. The number of nitrogens with zero attached hydrogens (tertiary/aromatic N) is 3. The Labute approximate surface area is 358 Å². The molecule has 0 amide bonds. The average molecular weight is 890 g/mol. The van der Waals surface area contributed by atoms with Gasteiger partial charge in [0, 0.05) is 36.4 Å². The van der Waals surface area contributed by atoms with Gasteiger partial charge in [0.2, 0.25) is 0 Å². The summed E-state index contributed by atoms with van der Waals surface area (Å²) in [6, 6.07) is 21.8. The molecule has 0 spiro atoms. The molecule has 2 aromatic carbocycles. The maximum atomic E-state index is 15.1. The largest absolute Gasteiger partial charge is 0.475 e. The van der Waals surface area contributed by atoms with Crippen LogP contribution in [0.4, 0.5) is 0 Å². The Morgan fingerprint density at radius 1 is 0.806 bits per heavy atom. The first-order chi connectivity index (χ1) is 29.5. The SMILES string of the molecule is Cc1cn([C@H]2C[C@H](O[Si](c3ccccc3)(c3ccccc3)C(C)(C)C)[C@@H]([C@@H]3C/C=C/C[C@H](O)[C@H]4O[C@@H](n5cc(C)c(=O)[nH]c5=O)C[C@@H]4OP(=O)(OCCC#N)O3)O2)c(=O)[nH]c1=O. The zero-order valence-corrected chi connectivity index (χ0v) is 37.1. The number of hydrogen-bond acceptors (Lipinski definition) is 13. The number of aryl methyl sites for hydroxylation is 2. The number of H-pyrrole nitrogens is 2. The van der Waals surface area contributed by atoms with E-state index in [2.05, 4.69) is 30.7 Å². The van der Waals surface area contributed by atoms with Crippen molar-refractivity contribution in [2.75, 3.05) is 6.61 Å². The molecule has 2 saturated heterocycles. The molecular weight excluding hydrogens is 838 g/mol. The summed E-state index contributed by atoms with van der Waals surface area (Å²) in [5.41, 5.74) is -2.02. The smallest absolute Gasteiger partial charge is 0.402 e. The highest BCUT2D eigenvalue weighted by Crippen LogP contribution is 2.56. The van der Waals surface area contributed by atoms with Crippen molar-refractivity contribution in [3.63, 3.8) is 0 Å². The van der Waals surface area contributed by atoms with E-state index < -0.39 is 92.8 Å². The lowest BCUT2D eigenvalue weighted by Gasteiger charge is -2.45. The molecule has 62 heavy (non-hydrogen) atoms. The Balaban J connectivity index is 1.32. The van der Waals surface area contributed by atoms with Crippen LogP contribution in [-0.4, -0.2) is 75.8 Å². The van der Waals surface area contributed by atoms with E-state index in [4.69, 9.17) is 27.5 Å². The summed E-state index contributed by atoms with van der Waals surface area (Å²) in [5, 5.41) is 22.3. The van der Waals surface area contributed by atoms with Crippen LogP contribution in [0.15, 0.2) is 104 Å². The van der Waals surface area contributed by atoms with Crippen LogP contribution in [-0.2, 0) is 32.0 Å². The zero-order valence-electron chi connectivity index (χ0n) is 35.2. The van der Waals surface area contributed by atoms with Gasteiger partial charge in [-0.3, -0.25) is 42.3 Å². The van der Waals surface area contributed by atoms with Crippen LogP contribution in [0.1, 0.15) is 76.5 Å². The Morgan fingerprint density at radius 2 is 1.32 bits per heavy atom. The van der Waals surface area contributed by atoms with Crippen molar-refractivity contribution in [2.24, 2.45) is 0 Å². The van der Waals surface area contributed by atoms with Crippen molar-refractivity contribution in [1.82, 2.24) is 19.1 Å². The van der Waals surface area contributed by atoms with Gasteiger partial charge in [-0.05, 0) is 42.1 Å². The average Bonchev–Trinajstić information content (AvgIpc) is 3.84. The van der Waals surface area contributed by atoms with Crippen LogP contribution in [0.2, 0.25) is 5.04 Å². The maximum absolute atomic E-state index is 15.1. The molecule has 0 saturated carbocycles. The van der Waals surface area contributed by atoms with E-state index >= 15 is 4.57 Å². The minimum Gasteiger partial charge on any atom is -0.402 e. The first kappa shape index (κ1) is 45.2. The molecule has 3 aliphatic rings. The van der Waals surface area contributed by atoms with Crippen molar-refractivity contribution in [2.45, 2.75) is 121 Å². The standard InChI is InChI=1S/C43H52N5O12PSi/c1-27-25-47(41(52)45-39(27)50)35-23-33-37(56-35)31(49)19-12-13-20-32(58-61(54,59-33)55-22-14-21-44)38-34(24-36(57-38)48-26-28(2)40(51)46-42(48)53)60-62(43(3,4)5,29-15-8-6-9-16-29)30-17-10-7-11-18-30/h6-13,15-18,25-26,31-38,49H,14,19-20,22-24H2,1-5H3,(H,45,50,52)(H,46,51,53)/b13-12+/t31-,32-,33-,34-,35+,36+,37+,38+,61?/m0/s1. The van der Waals surface area contributed by atoms with Crippen LogP contribution in [0.25, 0.3) is 0 Å². The number of hydrogen-bond donors (Lipinski definition) is 3. The fourth-order valence-electron chi connectivity index (χ4n) is 8.53. The number of nitriles is 1. The van der Waals surface area contributed by atoms with Gasteiger partial charge in [-0.25, -0.2) is 14.2 Å². The number of rotatable bonds is 10. The molecule has 330 valence electrons. The maximum Gasteiger partial charge on any atom is 0.475 e. The highest BCUT2D eigenvalue weighted by molar-refractivity contribution is 7.48. The predicted octanol–water partition coefficient (Wildman–Crippen LogP) is 3.74. The number of ether oxygens (including phenoxy) is 2. The second-order valence-corrected chi connectivity index (χ2v) is 22.7. The molecule has 0 aliphatic carbocycles. The van der Waals surface area contributed by atoms with Gasteiger partial charge in [-0.15, -0.1) is 0 Å². The molecule has 19 heteroatoms. The molecule has 2 fully saturated rings. The first-order valence-electron chi connectivity index (χ1n) is 20.6. The van der Waals surface area contributed by atoms with E-state index in [0.717, 1.165) is 10.4 Å². The summed E-state index contributed by atoms with van der Waals surface area (Å²) in [5.74, 6) is 0. The molecule has 7 rings (SSSR count). The highest BCUT2D eigenvalue weighted by Gasteiger charge is 2.56. The molecule has 3 aliphatic heterocycles. The van der Waals surface area contributed by atoms with Crippen LogP contribution in [0, 0.1) is 25.2 Å². The fraction of sp³-hybridized carbons (Fsp3) is 0.465. The molecule has 0 radical (unpaired) electrons. The molecule has 1 unspecified atom stereocenters. The van der Waals surface area contributed by atoms with Gasteiger partial charge < -0.3 is 19.0 Å². The zero-order chi connectivity index (χ0) is 44.4. The van der Waals surface area contributed by atoms with E-state index in [1.54, 1.807) is 19.1 Å². The third kappa shape index (κ3) is 9.28. The molecule has 4 aromatic rings. The monoisotopic (exact) mass is 889 g/mol. The second kappa shape index (κ2) is 18.5. The van der Waals surface area contributed by atoms with E-state index in [9.17, 15) is 29.5 Å². The number of phosphoric acid groups is 1. The Morgan fingerprint density at radius 3 is 1.87 bits per heavy atom. The van der Waals surface area contributed by atoms with E-state index in [0.29, 0.717) is 0 Å². The normalized spacial score (nSPS) is 28.7. The van der Waals surface area contributed by atoms with Crippen LogP contribution >= 0.6 is 7.82 Å². The third-order valence-electron chi connectivity index (χ3n) is 11.5. The predicted molar refractivity (Wildman–Crippen MR) is 230 cm³/mol. The van der Waals surface area contributed by atoms with E-state index in [1.807, 2.05) is 66.7 Å². The van der Waals surface area contributed by atoms with Crippen LogP contribution < -0.4 is 32.9 Å². The number of aromatic nitrogens is 4. The Hall–Kier alpha value is -4.80. The summed E-state index contributed by atoms with van der Waals surface area (Å²) >= 11 is 0. The Kier molecular flexibility index (Phi) is 13.5.